The predicted octanol–water partition coefficient (Wildman–Crippen LogP) is 2.23. The molecule has 0 aromatic rings. The molecule has 2 atom stereocenters. The highest BCUT2D eigenvalue weighted by Crippen LogP contribution is 2.39. The van der Waals surface area contributed by atoms with Crippen molar-refractivity contribution in [2.75, 3.05) is 6.61 Å². The van der Waals surface area contributed by atoms with Crippen molar-refractivity contribution in [1.29, 1.82) is 0 Å². The Morgan fingerprint density at radius 2 is 1.88 bits per heavy atom. The van der Waals surface area contributed by atoms with E-state index in [-0.39, 0.29) is 11.6 Å². The molecule has 0 fully saturated rings. The zero-order valence-electron chi connectivity index (χ0n) is 11.4. The van der Waals surface area contributed by atoms with Crippen LogP contribution in [0.25, 0.3) is 0 Å². The highest BCUT2D eigenvalue weighted by molar-refractivity contribution is 6.74. The minimum atomic E-state index is -1.95. The summed E-state index contributed by atoms with van der Waals surface area (Å²) in [5.41, 5.74) is -1.29. The van der Waals surface area contributed by atoms with Crippen LogP contribution in [0.4, 0.5) is 0 Å². The van der Waals surface area contributed by atoms with Crippen LogP contribution in [0.15, 0.2) is 24.3 Å². The maximum absolute atomic E-state index is 10.3. The summed E-state index contributed by atoms with van der Waals surface area (Å²) in [6.07, 6.45) is 6.55. The summed E-state index contributed by atoms with van der Waals surface area (Å²) in [4.78, 5) is 0. The third kappa shape index (κ3) is 3.07. The van der Waals surface area contributed by atoms with Gasteiger partial charge in [0, 0.05) is 0 Å². The Balaban J connectivity index is 2.88. The lowest BCUT2D eigenvalue weighted by Crippen LogP contribution is -2.53. The first-order valence-electron chi connectivity index (χ1n) is 5.99. The molecule has 0 heterocycles. The lowest BCUT2D eigenvalue weighted by molar-refractivity contribution is -0.0459. The van der Waals surface area contributed by atoms with Gasteiger partial charge in [0.05, 0.1) is 12.7 Å². The average molecular weight is 256 g/mol. The van der Waals surface area contributed by atoms with Gasteiger partial charge in [-0.3, -0.25) is 0 Å². The zero-order chi connectivity index (χ0) is 13.3. The highest BCUT2D eigenvalue weighted by Gasteiger charge is 2.44. The summed E-state index contributed by atoms with van der Waals surface area (Å²) < 4.78 is 6.14. The minimum Gasteiger partial charge on any atom is -0.407 e. The molecule has 0 amide bonds. The maximum Gasteiger partial charge on any atom is 0.193 e. The molecule has 0 saturated carbocycles. The van der Waals surface area contributed by atoms with E-state index in [1.165, 1.54) is 0 Å². The van der Waals surface area contributed by atoms with Crippen LogP contribution in [-0.4, -0.2) is 36.8 Å². The molecule has 4 heteroatoms. The quantitative estimate of drug-likeness (QED) is 0.761. The molecule has 0 saturated heterocycles. The smallest absolute Gasteiger partial charge is 0.193 e. The molecule has 3 nitrogen and oxygen atoms in total. The van der Waals surface area contributed by atoms with Gasteiger partial charge in [-0.25, -0.2) is 0 Å². The monoisotopic (exact) mass is 256 g/mol. The van der Waals surface area contributed by atoms with Crippen molar-refractivity contribution < 1.29 is 14.6 Å². The first-order chi connectivity index (χ1) is 7.62. The molecule has 17 heavy (non-hydrogen) atoms. The van der Waals surface area contributed by atoms with Gasteiger partial charge in [0.15, 0.2) is 8.32 Å². The summed E-state index contributed by atoms with van der Waals surface area (Å²) in [7, 11) is -1.95. The van der Waals surface area contributed by atoms with E-state index < -0.39 is 20.0 Å². The number of allylic oxidation sites excluding steroid dienone is 2. The maximum atomic E-state index is 10.3. The van der Waals surface area contributed by atoms with Gasteiger partial charge in [-0.1, -0.05) is 39.0 Å². The van der Waals surface area contributed by atoms with E-state index in [1.807, 2.05) is 12.2 Å². The van der Waals surface area contributed by atoms with Gasteiger partial charge in [-0.2, -0.15) is 0 Å². The fraction of sp³-hybridized carbons (Fsp3) is 0.692. The van der Waals surface area contributed by atoms with Gasteiger partial charge in [-0.05, 0) is 24.2 Å². The summed E-state index contributed by atoms with van der Waals surface area (Å²) in [6, 6.07) is 0. The minimum absolute atomic E-state index is 0.0817. The molecule has 0 aliphatic heterocycles. The Morgan fingerprint density at radius 1 is 1.29 bits per heavy atom. The molecule has 2 N–H and O–H groups in total. The molecule has 0 aromatic carbocycles. The first kappa shape index (κ1) is 14.6. The van der Waals surface area contributed by atoms with Crippen LogP contribution in [0.2, 0.25) is 18.1 Å². The van der Waals surface area contributed by atoms with E-state index in [2.05, 4.69) is 33.9 Å². The Hall–Kier alpha value is -0.423. The summed E-state index contributed by atoms with van der Waals surface area (Å²) in [5.74, 6) is 0. The van der Waals surface area contributed by atoms with Crippen LogP contribution in [0.1, 0.15) is 20.8 Å². The van der Waals surface area contributed by atoms with Gasteiger partial charge in [0.25, 0.3) is 0 Å². The van der Waals surface area contributed by atoms with Crippen LogP contribution in [-0.2, 0) is 4.43 Å². The third-order valence-corrected chi connectivity index (χ3v) is 8.21. The molecule has 1 rings (SSSR count). The Labute approximate surface area is 105 Å². The second-order valence-electron chi connectivity index (χ2n) is 6.19. The number of hydrogen-bond donors (Lipinski definition) is 2. The van der Waals surface area contributed by atoms with Gasteiger partial charge in [0.1, 0.15) is 5.60 Å². The molecule has 0 radical (unpaired) electrons. The third-order valence-electron chi connectivity index (χ3n) is 3.76. The van der Waals surface area contributed by atoms with Crippen LogP contribution < -0.4 is 0 Å². The van der Waals surface area contributed by atoms with Crippen molar-refractivity contribution in [2.45, 2.75) is 50.6 Å². The van der Waals surface area contributed by atoms with Crippen LogP contribution in [0, 0.1) is 0 Å². The molecule has 0 unspecified atom stereocenters. The van der Waals surface area contributed by atoms with E-state index in [9.17, 15) is 10.2 Å². The van der Waals surface area contributed by atoms with E-state index >= 15 is 0 Å². The first-order valence-corrected chi connectivity index (χ1v) is 8.90. The fourth-order valence-electron chi connectivity index (χ4n) is 1.43. The lowest BCUT2D eigenvalue weighted by Gasteiger charge is -2.43. The highest BCUT2D eigenvalue weighted by atomic mass is 28.4. The molecule has 1 aliphatic rings. The van der Waals surface area contributed by atoms with Gasteiger partial charge < -0.3 is 14.6 Å². The average Bonchev–Trinajstić information content (AvgIpc) is 2.20. The summed E-state index contributed by atoms with van der Waals surface area (Å²) in [6.45, 7) is 10.4. The van der Waals surface area contributed by atoms with Gasteiger partial charge >= 0.3 is 0 Å². The molecule has 0 aromatic heterocycles. The normalized spacial score (nSPS) is 29.7. The summed E-state index contributed by atoms with van der Waals surface area (Å²) in [5, 5.41) is 19.7. The number of rotatable bonds is 3. The molecular formula is C13H24O3Si. The fourth-order valence-corrected chi connectivity index (χ4v) is 2.70. The van der Waals surface area contributed by atoms with Crippen molar-refractivity contribution in [2.24, 2.45) is 0 Å². The topological polar surface area (TPSA) is 49.7 Å². The van der Waals surface area contributed by atoms with Crippen LogP contribution in [0.5, 0.6) is 0 Å². The van der Waals surface area contributed by atoms with Crippen LogP contribution >= 0.6 is 0 Å². The largest absolute Gasteiger partial charge is 0.407 e. The molecular weight excluding hydrogens is 232 g/mol. The van der Waals surface area contributed by atoms with Crippen molar-refractivity contribution in [3.63, 3.8) is 0 Å². The Kier molecular flexibility index (Phi) is 4.03. The SMILES string of the molecule is CC(C)(C)[Si](C)(C)O[C@@H]1C=CC=C[C@@]1(O)CO. The van der Waals surface area contributed by atoms with Crippen molar-refractivity contribution >= 4 is 8.32 Å². The predicted molar refractivity (Wildman–Crippen MR) is 72.4 cm³/mol. The summed E-state index contributed by atoms with van der Waals surface area (Å²) >= 11 is 0. The van der Waals surface area contributed by atoms with Crippen molar-refractivity contribution in [3.8, 4) is 0 Å². The second-order valence-corrected chi connectivity index (χ2v) is 10.9. The molecule has 1 aliphatic carbocycles. The second kappa shape index (κ2) is 4.69. The van der Waals surface area contributed by atoms with Gasteiger partial charge in [0.2, 0.25) is 0 Å². The number of aliphatic hydroxyl groups is 2. The molecule has 0 bridgehead atoms. The number of hydrogen-bond acceptors (Lipinski definition) is 3. The Bertz CT molecular complexity index is 328. The van der Waals surface area contributed by atoms with E-state index in [0.29, 0.717) is 0 Å². The molecule has 98 valence electrons. The Morgan fingerprint density at radius 3 is 2.35 bits per heavy atom. The zero-order valence-corrected chi connectivity index (χ0v) is 12.4. The van der Waals surface area contributed by atoms with E-state index in [1.54, 1.807) is 12.2 Å². The van der Waals surface area contributed by atoms with Crippen LogP contribution in [0.3, 0.4) is 0 Å². The lowest BCUT2D eigenvalue weighted by atomic mass is 9.93. The van der Waals surface area contributed by atoms with E-state index in [4.69, 9.17) is 4.43 Å². The van der Waals surface area contributed by atoms with Crippen molar-refractivity contribution in [1.82, 2.24) is 0 Å². The number of aliphatic hydroxyl groups excluding tert-OH is 1. The van der Waals surface area contributed by atoms with Gasteiger partial charge in [-0.15, -0.1) is 0 Å². The molecule has 0 spiro atoms. The van der Waals surface area contributed by atoms with Crippen molar-refractivity contribution in [3.05, 3.63) is 24.3 Å². The van der Waals surface area contributed by atoms with E-state index in [0.717, 1.165) is 0 Å². The standard InChI is InChI=1S/C13H24O3Si/c1-12(2,3)17(4,5)16-11-8-6-7-9-13(11,15)10-14/h6-9,11,14-15H,10H2,1-5H3/t11-,13-/m1/s1.